The highest BCUT2D eigenvalue weighted by Gasteiger charge is 2.23. The molecule has 1 aromatic carbocycles. The first-order valence-electron chi connectivity index (χ1n) is 6.79. The Balaban J connectivity index is 1.57. The van der Waals surface area contributed by atoms with Gasteiger partial charge in [0.1, 0.15) is 5.75 Å². The summed E-state index contributed by atoms with van der Waals surface area (Å²) in [5.41, 5.74) is 7.52. The van der Waals surface area contributed by atoms with Crippen molar-refractivity contribution in [1.29, 1.82) is 0 Å². The molecule has 1 aliphatic carbocycles. The molecule has 0 spiro atoms. The van der Waals surface area contributed by atoms with E-state index in [1.54, 1.807) is 22.7 Å². The summed E-state index contributed by atoms with van der Waals surface area (Å²) in [6.07, 6.45) is 2.82. The van der Waals surface area contributed by atoms with E-state index < -0.39 is 0 Å². The number of hydrogen-bond acceptors (Lipinski definition) is 4. The van der Waals surface area contributed by atoms with Gasteiger partial charge in [-0.05, 0) is 48.1 Å². The van der Waals surface area contributed by atoms with Gasteiger partial charge in [0, 0.05) is 14.3 Å². The number of ether oxygens (including phenoxy) is 1. The summed E-state index contributed by atoms with van der Waals surface area (Å²) in [5, 5.41) is 2.13. The summed E-state index contributed by atoms with van der Waals surface area (Å²) >= 11 is 3.56. The Hall–Kier alpha value is -1.36. The SMILES string of the molecule is NC(c1ccc(OC2CC2)cc1)c1cc2sccc2s1. The number of nitrogens with two attached hydrogens (primary N) is 1. The summed E-state index contributed by atoms with van der Waals surface area (Å²) < 4.78 is 8.42. The Morgan fingerprint density at radius 1 is 1.10 bits per heavy atom. The third-order valence-electron chi connectivity index (χ3n) is 3.53. The van der Waals surface area contributed by atoms with Crippen molar-refractivity contribution in [3.05, 3.63) is 52.2 Å². The van der Waals surface area contributed by atoms with E-state index in [1.807, 2.05) is 12.1 Å². The molecule has 4 heteroatoms. The van der Waals surface area contributed by atoms with Crippen LogP contribution < -0.4 is 10.5 Å². The maximum absolute atomic E-state index is 6.38. The van der Waals surface area contributed by atoms with Crippen LogP contribution in [0.2, 0.25) is 0 Å². The summed E-state index contributed by atoms with van der Waals surface area (Å²) in [5.74, 6) is 0.954. The summed E-state index contributed by atoms with van der Waals surface area (Å²) in [6.45, 7) is 0. The first-order chi connectivity index (χ1) is 9.79. The Labute approximate surface area is 125 Å². The van der Waals surface area contributed by atoms with Gasteiger partial charge in [-0.25, -0.2) is 0 Å². The van der Waals surface area contributed by atoms with E-state index in [0.717, 1.165) is 11.3 Å². The molecule has 1 aliphatic rings. The van der Waals surface area contributed by atoms with Crippen LogP contribution in [0.4, 0.5) is 0 Å². The number of hydrogen-bond donors (Lipinski definition) is 1. The van der Waals surface area contributed by atoms with Crippen molar-refractivity contribution in [3.8, 4) is 5.75 Å². The predicted octanol–water partition coefficient (Wildman–Crippen LogP) is 4.55. The lowest BCUT2D eigenvalue weighted by molar-refractivity contribution is 0.303. The number of rotatable bonds is 4. The fourth-order valence-electron chi connectivity index (χ4n) is 2.23. The molecule has 1 atom stereocenters. The molecule has 102 valence electrons. The summed E-state index contributed by atoms with van der Waals surface area (Å²) in [7, 11) is 0. The molecular formula is C16H15NOS2. The third-order valence-corrected chi connectivity index (χ3v) is 5.71. The zero-order valence-corrected chi connectivity index (χ0v) is 12.5. The van der Waals surface area contributed by atoms with Gasteiger partial charge in [-0.1, -0.05) is 12.1 Å². The monoisotopic (exact) mass is 301 g/mol. The van der Waals surface area contributed by atoms with Gasteiger partial charge in [-0.3, -0.25) is 0 Å². The van der Waals surface area contributed by atoms with E-state index in [-0.39, 0.29) is 6.04 Å². The highest BCUT2D eigenvalue weighted by atomic mass is 32.1. The molecule has 0 aliphatic heterocycles. The lowest BCUT2D eigenvalue weighted by Crippen LogP contribution is -2.10. The van der Waals surface area contributed by atoms with E-state index in [2.05, 4.69) is 29.6 Å². The summed E-state index contributed by atoms with van der Waals surface area (Å²) in [4.78, 5) is 1.22. The van der Waals surface area contributed by atoms with Crippen LogP contribution in [0.5, 0.6) is 5.75 Å². The fraction of sp³-hybridized carbons (Fsp3) is 0.250. The minimum Gasteiger partial charge on any atom is -0.490 e. The van der Waals surface area contributed by atoms with E-state index in [4.69, 9.17) is 10.5 Å². The molecule has 2 nitrogen and oxygen atoms in total. The van der Waals surface area contributed by atoms with Crippen LogP contribution in [0.1, 0.15) is 29.3 Å². The molecule has 3 aromatic rings. The third kappa shape index (κ3) is 2.35. The molecule has 0 amide bonds. The Morgan fingerprint density at radius 3 is 2.60 bits per heavy atom. The largest absolute Gasteiger partial charge is 0.490 e. The molecule has 0 bridgehead atoms. The van der Waals surface area contributed by atoms with E-state index in [9.17, 15) is 0 Å². The quantitative estimate of drug-likeness (QED) is 0.767. The normalized spacial score (nSPS) is 16.4. The van der Waals surface area contributed by atoms with E-state index in [1.165, 1.54) is 27.1 Å². The first-order valence-corrected chi connectivity index (χ1v) is 8.48. The predicted molar refractivity (Wildman–Crippen MR) is 85.8 cm³/mol. The van der Waals surface area contributed by atoms with Crippen molar-refractivity contribution in [2.45, 2.75) is 25.0 Å². The Morgan fingerprint density at radius 2 is 1.90 bits per heavy atom. The lowest BCUT2D eigenvalue weighted by atomic mass is 10.1. The van der Waals surface area contributed by atoms with Gasteiger partial charge in [-0.2, -0.15) is 0 Å². The maximum Gasteiger partial charge on any atom is 0.119 e. The maximum atomic E-state index is 6.38. The van der Waals surface area contributed by atoms with Crippen molar-refractivity contribution in [2.75, 3.05) is 0 Å². The van der Waals surface area contributed by atoms with Crippen LogP contribution in [0.15, 0.2) is 41.8 Å². The van der Waals surface area contributed by atoms with Crippen molar-refractivity contribution in [1.82, 2.24) is 0 Å². The lowest BCUT2D eigenvalue weighted by Gasteiger charge is -2.11. The highest BCUT2D eigenvalue weighted by Crippen LogP contribution is 2.35. The number of thiophene rings is 2. The zero-order chi connectivity index (χ0) is 13.5. The van der Waals surface area contributed by atoms with Crippen LogP contribution in [-0.4, -0.2) is 6.10 Å². The van der Waals surface area contributed by atoms with Crippen LogP contribution in [-0.2, 0) is 0 Å². The molecule has 20 heavy (non-hydrogen) atoms. The van der Waals surface area contributed by atoms with Gasteiger partial charge in [0.05, 0.1) is 12.1 Å². The van der Waals surface area contributed by atoms with Gasteiger partial charge >= 0.3 is 0 Å². The molecule has 2 aromatic heterocycles. The number of fused-ring (bicyclic) bond motifs is 1. The summed E-state index contributed by atoms with van der Waals surface area (Å²) in [6, 6.07) is 12.5. The van der Waals surface area contributed by atoms with Crippen LogP contribution in [0, 0.1) is 0 Å². The van der Waals surface area contributed by atoms with Crippen LogP contribution in [0.25, 0.3) is 9.40 Å². The van der Waals surface area contributed by atoms with Crippen molar-refractivity contribution in [2.24, 2.45) is 5.73 Å². The second-order valence-electron chi connectivity index (χ2n) is 5.16. The number of benzene rings is 1. The minimum atomic E-state index is -0.0467. The van der Waals surface area contributed by atoms with Gasteiger partial charge in [-0.15, -0.1) is 22.7 Å². The molecule has 2 N–H and O–H groups in total. The highest BCUT2D eigenvalue weighted by molar-refractivity contribution is 7.27. The minimum absolute atomic E-state index is 0.0467. The van der Waals surface area contributed by atoms with Crippen molar-refractivity contribution < 1.29 is 4.74 Å². The Kier molecular flexibility index (Phi) is 3.02. The molecule has 1 unspecified atom stereocenters. The molecule has 0 saturated heterocycles. The average Bonchev–Trinajstić information content (AvgIpc) is 3.00. The average molecular weight is 301 g/mol. The molecule has 0 radical (unpaired) electrons. The fourth-order valence-corrected chi connectivity index (χ4v) is 4.38. The zero-order valence-electron chi connectivity index (χ0n) is 10.9. The second kappa shape index (κ2) is 4.88. The van der Waals surface area contributed by atoms with Gasteiger partial charge in [0.25, 0.3) is 0 Å². The molecule has 4 rings (SSSR count). The molecule has 1 saturated carbocycles. The van der Waals surface area contributed by atoms with Crippen molar-refractivity contribution in [3.63, 3.8) is 0 Å². The van der Waals surface area contributed by atoms with Gasteiger partial charge in [0.2, 0.25) is 0 Å². The van der Waals surface area contributed by atoms with E-state index in [0.29, 0.717) is 6.10 Å². The second-order valence-corrected chi connectivity index (χ2v) is 7.22. The van der Waals surface area contributed by atoms with Gasteiger partial charge < -0.3 is 10.5 Å². The standard InChI is InChI=1S/C16H15NOS2/c17-16(15-9-14-13(20-15)7-8-19-14)10-1-3-11(4-2-10)18-12-5-6-12/h1-4,7-9,12,16H,5-6,17H2. The van der Waals surface area contributed by atoms with E-state index >= 15 is 0 Å². The topological polar surface area (TPSA) is 35.2 Å². The molecule has 1 fully saturated rings. The smallest absolute Gasteiger partial charge is 0.119 e. The van der Waals surface area contributed by atoms with Gasteiger partial charge in [0.15, 0.2) is 0 Å². The Bertz CT molecular complexity index is 696. The van der Waals surface area contributed by atoms with Crippen LogP contribution >= 0.6 is 22.7 Å². The molecule has 2 heterocycles. The first kappa shape index (κ1) is 12.4. The van der Waals surface area contributed by atoms with Crippen LogP contribution in [0.3, 0.4) is 0 Å². The molecular weight excluding hydrogens is 286 g/mol. The van der Waals surface area contributed by atoms with Crippen molar-refractivity contribution >= 4 is 32.1 Å².